The normalized spacial score (nSPS) is 12.3. The maximum Gasteiger partial charge on any atom is 0.433 e. The SMILES string of the molecule is Cc1nc([C@H](C)NC(=O)c2cc(Br)cc(C(F)(F)F)n2)n(-c2ccc(C#N)cn2)n1. The average molecular weight is 480 g/mol. The summed E-state index contributed by atoms with van der Waals surface area (Å²) in [7, 11) is 0. The quantitative estimate of drug-likeness (QED) is 0.612. The van der Waals surface area contributed by atoms with Gasteiger partial charge in [-0.1, -0.05) is 15.9 Å². The number of alkyl halides is 3. The van der Waals surface area contributed by atoms with Gasteiger partial charge in [-0.05, 0) is 38.1 Å². The predicted molar refractivity (Wildman–Crippen MR) is 101 cm³/mol. The molecule has 1 N–H and O–H groups in total. The molecule has 0 aliphatic rings. The summed E-state index contributed by atoms with van der Waals surface area (Å²) in [6, 6.07) is 6.32. The highest BCUT2D eigenvalue weighted by Gasteiger charge is 2.34. The molecule has 12 heteroatoms. The van der Waals surface area contributed by atoms with Crippen molar-refractivity contribution in [3.8, 4) is 11.9 Å². The highest BCUT2D eigenvalue weighted by molar-refractivity contribution is 9.10. The van der Waals surface area contributed by atoms with E-state index in [1.807, 2.05) is 6.07 Å². The fourth-order valence-electron chi connectivity index (χ4n) is 2.55. The van der Waals surface area contributed by atoms with Crippen molar-refractivity contribution < 1.29 is 18.0 Å². The summed E-state index contributed by atoms with van der Waals surface area (Å²) in [5.41, 5.74) is -1.22. The maximum absolute atomic E-state index is 13.0. The van der Waals surface area contributed by atoms with E-state index in [0.29, 0.717) is 23.0 Å². The lowest BCUT2D eigenvalue weighted by molar-refractivity contribution is -0.141. The molecule has 0 saturated carbocycles. The predicted octanol–water partition coefficient (Wildman–Crippen LogP) is 3.51. The minimum absolute atomic E-state index is 0.0726. The molecule has 1 amide bonds. The van der Waals surface area contributed by atoms with Crippen LogP contribution in [0.1, 0.15) is 46.4 Å². The molecule has 0 radical (unpaired) electrons. The molecule has 0 unspecified atom stereocenters. The Bertz CT molecular complexity index is 1140. The highest BCUT2D eigenvalue weighted by atomic mass is 79.9. The van der Waals surface area contributed by atoms with Crippen LogP contribution in [0.25, 0.3) is 5.82 Å². The summed E-state index contributed by atoms with van der Waals surface area (Å²) in [6.45, 7) is 3.24. The zero-order valence-electron chi connectivity index (χ0n) is 15.6. The van der Waals surface area contributed by atoms with E-state index in [2.05, 4.69) is 41.3 Å². The van der Waals surface area contributed by atoms with Gasteiger partial charge in [0.1, 0.15) is 23.3 Å². The molecule has 0 aromatic carbocycles. The van der Waals surface area contributed by atoms with Crippen LogP contribution in [0.4, 0.5) is 13.2 Å². The van der Waals surface area contributed by atoms with Gasteiger partial charge in [-0.25, -0.2) is 15.0 Å². The molecule has 3 aromatic rings. The standard InChI is InChI=1S/C18H13BrF3N7O/c1-9(25-17(30)13-5-12(19)6-14(27-13)18(20,21)22)16-26-10(2)28-29(16)15-4-3-11(7-23)8-24-15/h3-6,8-9H,1-2H3,(H,25,30)/t9-/m0/s1. The fourth-order valence-corrected chi connectivity index (χ4v) is 2.99. The van der Waals surface area contributed by atoms with Crippen LogP contribution >= 0.6 is 15.9 Å². The van der Waals surface area contributed by atoms with Crippen molar-refractivity contribution in [3.05, 3.63) is 63.5 Å². The molecule has 0 spiro atoms. The van der Waals surface area contributed by atoms with Gasteiger partial charge in [-0.3, -0.25) is 4.79 Å². The molecule has 0 aliphatic heterocycles. The van der Waals surface area contributed by atoms with Crippen LogP contribution in [0.5, 0.6) is 0 Å². The number of aromatic nitrogens is 5. The lowest BCUT2D eigenvalue weighted by Crippen LogP contribution is -2.30. The van der Waals surface area contributed by atoms with Crippen LogP contribution < -0.4 is 5.32 Å². The Morgan fingerprint density at radius 3 is 2.63 bits per heavy atom. The first-order valence-electron chi connectivity index (χ1n) is 8.44. The molecule has 0 bridgehead atoms. The molecular weight excluding hydrogens is 467 g/mol. The number of carbonyl (C=O) groups is 1. The van der Waals surface area contributed by atoms with Crippen molar-refractivity contribution in [3.63, 3.8) is 0 Å². The number of carbonyl (C=O) groups excluding carboxylic acids is 1. The Morgan fingerprint density at radius 2 is 2.03 bits per heavy atom. The molecule has 3 rings (SSSR count). The third-order valence-corrected chi connectivity index (χ3v) is 4.34. The van der Waals surface area contributed by atoms with E-state index in [4.69, 9.17) is 5.26 Å². The molecule has 0 saturated heterocycles. The van der Waals surface area contributed by atoms with Crippen LogP contribution in [0, 0.1) is 18.3 Å². The lowest BCUT2D eigenvalue weighted by atomic mass is 10.2. The summed E-state index contributed by atoms with van der Waals surface area (Å²) in [5.74, 6) is 0.265. The molecule has 154 valence electrons. The summed E-state index contributed by atoms with van der Waals surface area (Å²) in [6.07, 6.45) is -3.33. The molecule has 0 aliphatic carbocycles. The third kappa shape index (κ3) is 4.62. The van der Waals surface area contributed by atoms with E-state index < -0.39 is 29.5 Å². The van der Waals surface area contributed by atoms with Crippen LogP contribution in [-0.4, -0.2) is 30.6 Å². The second-order valence-corrected chi connectivity index (χ2v) is 7.11. The van der Waals surface area contributed by atoms with E-state index in [1.165, 1.54) is 16.9 Å². The van der Waals surface area contributed by atoms with E-state index in [9.17, 15) is 18.0 Å². The number of hydrogen-bond donors (Lipinski definition) is 1. The second kappa shape index (κ2) is 8.19. The van der Waals surface area contributed by atoms with Gasteiger partial charge in [0.2, 0.25) is 0 Å². The maximum atomic E-state index is 13.0. The van der Waals surface area contributed by atoms with Gasteiger partial charge in [-0.15, -0.1) is 5.10 Å². The summed E-state index contributed by atoms with van der Waals surface area (Å²) in [4.78, 5) is 24.3. The van der Waals surface area contributed by atoms with Crippen LogP contribution in [0.3, 0.4) is 0 Å². The van der Waals surface area contributed by atoms with Crippen molar-refractivity contribution in [2.75, 3.05) is 0 Å². The number of rotatable bonds is 4. The third-order valence-electron chi connectivity index (χ3n) is 3.88. The Balaban J connectivity index is 1.88. The summed E-state index contributed by atoms with van der Waals surface area (Å²) >= 11 is 2.96. The van der Waals surface area contributed by atoms with E-state index in [-0.39, 0.29) is 4.47 Å². The zero-order chi connectivity index (χ0) is 22.1. The van der Waals surface area contributed by atoms with Gasteiger partial charge in [0.15, 0.2) is 11.6 Å². The smallest absolute Gasteiger partial charge is 0.341 e. The number of halogens is 4. The largest absolute Gasteiger partial charge is 0.433 e. The number of amides is 1. The number of hydrogen-bond acceptors (Lipinski definition) is 6. The number of nitriles is 1. The summed E-state index contributed by atoms with van der Waals surface area (Å²) < 4.78 is 40.4. The van der Waals surface area contributed by atoms with Crippen molar-refractivity contribution in [2.45, 2.75) is 26.1 Å². The van der Waals surface area contributed by atoms with Gasteiger partial charge >= 0.3 is 6.18 Å². The van der Waals surface area contributed by atoms with Gasteiger partial charge in [0.05, 0.1) is 11.6 Å². The Hall–Kier alpha value is -3.33. The van der Waals surface area contributed by atoms with Crippen LogP contribution in [0.2, 0.25) is 0 Å². The molecular formula is C18H13BrF3N7O. The monoisotopic (exact) mass is 479 g/mol. The second-order valence-electron chi connectivity index (χ2n) is 6.19. The van der Waals surface area contributed by atoms with E-state index in [0.717, 1.165) is 6.07 Å². The fraction of sp³-hybridized carbons (Fsp3) is 0.222. The van der Waals surface area contributed by atoms with Gasteiger partial charge in [0, 0.05) is 10.7 Å². The Kier molecular flexibility index (Phi) is 5.84. The molecule has 1 atom stereocenters. The van der Waals surface area contributed by atoms with Crippen molar-refractivity contribution in [1.29, 1.82) is 5.26 Å². The Morgan fingerprint density at radius 1 is 1.30 bits per heavy atom. The number of aryl methyl sites for hydroxylation is 1. The number of nitrogens with zero attached hydrogens (tertiary/aromatic N) is 6. The number of nitrogens with one attached hydrogen (secondary N) is 1. The van der Waals surface area contributed by atoms with Gasteiger partial charge < -0.3 is 5.32 Å². The molecule has 3 aromatic heterocycles. The van der Waals surface area contributed by atoms with Crippen LogP contribution in [0.15, 0.2) is 34.9 Å². The van der Waals surface area contributed by atoms with Crippen molar-refractivity contribution in [1.82, 2.24) is 30.0 Å². The Labute approximate surface area is 176 Å². The summed E-state index contributed by atoms with van der Waals surface area (Å²) in [5, 5.41) is 15.7. The molecule has 3 heterocycles. The van der Waals surface area contributed by atoms with Gasteiger partial charge in [-0.2, -0.15) is 23.1 Å². The first-order chi connectivity index (χ1) is 14.1. The average Bonchev–Trinajstić information content (AvgIpc) is 3.08. The van der Waals surface area contributed by atoms with Crippen molar-refractivity contribution >= 4 is 21.8 Å². The van der Waals surface area contributed by atoms with E-state index >= 15 is 0 Å². The first kappa shape index (κ1) is 21.4. The van der Waals surface area contributed by atoms with Gasteiger partial charge in [0.25, 0.3) is 5.91 Å². The topological polar surface area (TPSA) is 109 Å². The highest BCUT2D eigenvalue weighted by Crippen LogP contribution is 2.30. The minimum atomic E-state index is -4.69. The molecule has 8 nitrogen and oxygen atoms in total. The van der Waals surface area contributed by atoms with E-state index in [1.54, 1.807) is 26.0 Å². The van der Waals surface area contributed by atoms with Crippen LogP contribution in [-0.2, 0) is 6.18 Å². The van der Waals surface area contributed by atoms with Crippen molar-refractivity contribution in [2.24, 2.45) is 0 Å². The lowest BCUT2D eigenvalue weighted by Gasteiger charge is -2.15. The number of pyridine rings is 2. The molecule has 0 fully saturated rings. The molecule has 30 heavy (non-hydrogen) atoms. The minimum Gasteiger partial charge on any atom is -0.341 e. The zero-order valence-corrected chi connectivity index (χ0v) is 17.2. The first-order valence-corrected chi connectivity index (χ1v) is 9.23.